The molecule has 2 aromatic rings. The van der Waals surface area contributed by atoms with Crippen LogP contribution in [-0.2, 0) is 5.41 Å². The summed E-state index contributed by atoms with van der Waals surface area (Å²) in [6.45, 7) is 8.53. The van der Waals surface area contributed by atoms with Gasteiger partial charge in [-0.2, -0.15) is 9.97 Å². The molecule has 2 saturated heterocycles. The standard InChI is InChI=1S/C29H41ClN6S/c1-21-9-8-15-35(19-21)25-18-26(36-16-6-3-10-22(36)2)33-27(32-25)34-28(37)31-20-29(13-4-5-14-29)23-11-7-12-24(30)17-23/h7,11-12,17-18,21-22H,3-6,8-10,13-16,19-20H2,1-2H3,(H2,31,32,33,34,37)/t21-,22+/m0/s1. The molecule has 3 fully saturated rings. The number of hydrogen-bond acceptors (Lipinski definition) is 5. The smallest absolute Gasteiger partial charge is 0.232 e. The van der Waals surface area contributed by atoms with Crippen molar-refractivity contribution in [2.45, 2.75) is 83.1 Å². The maximum absolute atomic E-state index is 6.35. The van der Waals surface area contributed by atoms with Crippen LogP contribution < -0.4 is 20.4 Å². The molecule has 8 heteroatoms. The van der Waals surface area contributed by atoms with E-state index in [2.05, 4.69) is 58.5 Å². The lowest BCUT2D eigenvalue weighted by atomic mass is 9.79. The molecule has 2 atom stereocenters. The van der Waals surface area contributed by atoms with Gasteiger partial charge >= 0.3 is 0 Å². The van der Waals surface area contributed by atoms with Crippen LogP contribution >= 0.6 is 23.8 Å². The van der Waals surface area contributed by atoms with Gasteiger partial charge in [0.2, 0.25) is 5.95 Å². The van der Waals surface area contributed by atoms with Gasteiger partial charge in [-0.05, 0) is 87.7 Å². The van der Waals surface area contributed by atoms with Crippen molar-refractivity contribution < 1.29 is 0 Å². The Kier molecular flexibility index (Phi) is 8.40. The van der Waals surface area contributed by atoms with Crippen molar-refractivity contribution in [3.05, 3.63) is 40.9 Å². The highest BCUT2D eigenvalue weighted by Crippen LogP contribution is 2.41. The zero-order valence-corrected chi connectivity index (χ0v) is 23.9. The highest BCUT2D eigenvalue weighted by Gasteiger charge is 2.36. The topological polar surface area (TPSA) is 56.3 Å². The van der Waals surface area contributed by atoms with E-state index < -0.39 is 0 Å². The number of anilines is 3. The number of thiocarbonyl (C=S) groups is 1. The first kappa shape index (κ1) is 26.5. The van der Waals surface area contributed by atoms with Gasteiger partial charge in [-0.15, -0.1) is 0 Å². The quantitative estimate of drug-likeness (QED) is 0.403. The van der Waals surface area contributed by atoms with Crippen molar-refractivity contribution >= 4 is 46.5 Å². The van der Waals surface area contributed by atoms with Crippen LogP contribution in [0.15, 0.2) is 30.3 Å². The molecule has 1 saturated carbocycles. The Balaban J connectivity index is 1.34. The van der Waals surface area contributed by atoms with E-state index in [1.807, 2.05) is 6.07 Å². The number of rotatable bonds is 6. The zero-order valence-electron chi connectivity index (χ0n) is 22.3. The van der Waals surface area contributed by atoms with Gasteiger partial charge in [0, 0.05) is 48.7 Å². The Labute approximate surface area is 232 Å². The van der Waals surface area contributed by atoms with Gasteiger partial charge in [-0.3, -0.25) is 0 Å². The summed E-state index contributed by atoms with van der Waals surface area (Å²) in [5, 5.41) is 8.24. The molecular formula is C29H41ClN6S. The van der Waals surface area contributed by atoms with Gasteiger partial charge in [0.25, 0.3) is 0 Å². The lowest BCUT2D eigenvalue weighted by molar-refractivity contribution is 0.435. The lowest BCUT2D eigenvalue weighted by Crippen LogP contribution is -2.41. The number of hydrogen-bond donors (Lipinski definition) is 2. The highest BCUT2D eigenvalue weighted by molar-refractivity contribution is 7.80. The van der Waals surface area contributed by atoms with Crippen LogP contribution in [0.1, 0.15) is 77.2 Å². The van der Waals surface area contributed by atoms with Gasteiger partial charge < -0.3 is 20.4 Å². The fraction of sp³-hybridized carbons (Fsp3) is 0.621. The van der Waals surface area contributed by atoms with Crippen molar-refractivity contribution in [1.82, 2.24) is 15.3 Å². The van der Waals surface area contributed by atoms with Crippen molar-refractivity contribution in [2.24, 2.45) is 5.92 Å². The van der Waals surface area contributed by atoms with Gasteiger partial charge in [0.15, 0.2) is 5.11 Å². The minimum Gasteiger partial charge on any atom is -0.361 e. The maximum Gasteiger partial charge on any atom is 0.232 e. The van der Waals surface area contributed by atoms with Crippen LogP contribution in [0.3, 0.4) is 0 Å². The summed E-state index contributed by atoms with van der Waals surface area (Å²) in [5.74, 6) is 3.27. The predicted octanol–water partition coefficient (Wildman–Crippen LogP) is 6.54. The SMILES string of the molecule is C[C@H]1CCCN(c2cc(N3CCCC[C@H]3C)nc(NC(=S)NCC3(c4cccc(Cl)c4)CCCC3)n2)C1. The molecule has 3 aliphatic rings. The maximum atomic E-state index is 6.35. The normalized spacial score (nSPS) is 23.6. The minimum atomic E-state index is 0.0533. The summed E-state index contributed by atoms with van der Waals surface area (Å²) in [5.41, 5.74) is 1.35. The van der Waals surface area contributed by atoms with Crippen molar-refractivity contribution in [2.75, 3.05) is 41.3 Å². The van der Waals surface area contributed by atoms with Crippen LogP contribution in [0.2, 0.25) is 5.02 Å². The van der Waals surface area contributed by atoms with E-state index in [-0.39, 0.29) is 5.41 Å². The molecule has 3 heterocycles. The van der Waals surface area contributed by atoms with Crippen LogP contribution in [0.5, 0.6) is 0 Å². The molecule has 1 aromatic carbocycles. The fourth-order valence-electron chi connectivity index (χ4n) is 6.46. The van der Waals surface area contributed by atoms with Crippen molar-refractivity contribution in [1.29, 1.82) is 0 Å². The lowest BCUT2D eigenvalue weighted by Gasteiger charge is -2.36. The summed E-state index contributed by atoms with van der Waals surface area (Å²) in [4.78, 5) is 14.8. The fourth-order valence-corrected chi connectivity index (χ4v) is 6.81. The minimum absolute atomic E-state index is 0.0533. The molecule has 2 N–H and O–H groups in total. The molecule has 37 heavy (non-hydrogen) atoms. The van der Waals surface area contributed by atoms with Crippen molar-refractivity contribution in [3.8, 4) is 0 Å². The molecule has 6 nitrogen and oxygen atoms in total. The van der Waals surface area contributed by atoms with E-state index in [4.69, 9.17) is 33.8 Å². The first-order chi connectivity index (χ1) is 17.9. The molecule has 0 spiro atoms. The predicted molar refractivity (Wildman–Crippen MR) is 159 cm³/mol. The number of halogens is 1. The van der Waals surface area contributed by atoms with Crippen molar-refractivity contribution in [3.63, 3.8) is 0 Å². The van der Waals surface area contributed by atoms with E-state index in [0.29, 0.717) is 23.0 Å². The number of piperidine rings is 2. The molecule has 0 radical (unpaired) electrons. The van der Waals surface area contributed by atoms with Crippen LogP contribution in [-0.4, -0.2) is 47.3 Å². The van der Waals surface area contributed by atoms with Crippen LogP contribution in [0.25, 0.3) is 0 Å². The largest absolute Gasteiger partial charge is 0.361 e. The molecule has 0 amide bonds. The summed E-state index contributed by atoms with van der Waals surface area (Å²) < 4.78 is 0. The van der Waals surface area contributed by atoms with Gasteiger partial charge in [-0.1, -0.05) is 43.5 Å². The van der Waals surface area contributed by atoms with E-state index >= 15 is 0 Å². The van der Waals surface area contributed by atoms with E-state index in [1.54, 1.807) is 0 Å². The second-order valence-electron chi connectivity index (χ2n) is 11.4. The van der Waals surface area contributed by atoms with E-state index in [1.165, 1.54) is 50.5 Å². The Bertz CT molecular complexity index is 1090. The highest BCUT2D eigenvalue weighted by atomic mass is 35.5. The van der Waals surface area contributed by atoms with Crippen LogP contribution in [0.4, 0.5) is 17.6 Å². The van der Waals surface area contributed by atoms with Crippen LogP contribution in [0, 0.1) is 5.92 Å². The summed E-state index contributed by atoms with van der Waals surface area (Å²) in [7, 11) is 0. The summed E-state index contributed by atoms with van der Waals surface area (Å²) >= 11 is 12.1. The molecule has 200 valence electrons. The van der Waals surface area contributed by atoms with E-state index in [9.17, 15) is 0 Å². The Hall–Kier alpha value is -2.12. The Morgan fingerprint density at radius 1 is 1.03 bits per heavy atom. The second-order valence-corrected chi connectivity index (χ2v) is 12.3. The third-order valence-electron chi connectivity index (χ3n) is 8.59. The molecule has 0 unspecified atom stereocenters. The summed E-state index contributed by atoms with van der Waals surface area (Å²) in [6.07, 6.45) is 10.9. The number of nitrogens with zero attached hydrogens (tertiary/aromatic N) is 4. The first-order valence-electron chi connectivity index (χ1n) is 14.1. The molecule has 1 aliphatic carbocycles. The van der Waals surface area contributed by atoms with Gasteiger partial charge in [0.05, 0.1) is 0 Å². The monoisotopic (exact) mass is 540 g/mol. The third-order valence-corrected chi connectivity index (χ3v) is 9.07. The molecule has 5 rings (SSSR count). The zero-order chi connectivity index (χ0) is 25.8. The number of nitrogens with one attached hydrogen (secondary N) is 2. The average Bonchev–Trinajstić information content (AvgIpc) is 3.38. The average molecular weight is 541 g/mol. The molecule has 2 aliphatic heterocycles. The molecule has 1 aromatic heterocycles. The third kappa shape index (κ3) is 6.31. The van der Waals surface area contributed by atoms with Gasteiger partial charge in [-0.25, -0.2) is 0 Å². The second kappa shape index (κ2) is 11.7. The van der Waals surface area contributed by atoms with E-state index in [0.717, 1.165) is 55.7 Å². The molecular weight excluding hydrogens is 500 g/mol. The number of benzene rings is 1. The Morgan fingerprint density at radius 3 is 2.59 bits per heavy atom. The molecule has 0 bridgehead atoms. The number of aromatic nitrogens is 2. The Morgan fingerprint density at radius 2 is 1.84 bits per heavy atom. The van der Waals surface area contributed by atoms with Gasteiger partial charge in [0.1, 0.15) is 11.6 Å². The first-order valence-corrected chi connectivity index (χ1v) is 14.9. The summed E-state index contributed by atoms with van der Waals surface area (Å²) in [6, 6.07) is 11.0.